The van der Waals surface area contributed by atoms with Crippen LogP contribution in [0.4, 0.5) is 10.1 Å². The van der Waals surface area contributed by atoms with Gasteiger partial charge in [-0.05, 0) is 61.2 Å². The Morgan fingerprint density at radius 2 is 1.71 bits per heavy atom. The predicted octanol–water partition coefficient (Wildman–Crippen LogP) is 3.50. The zero-order valence-electron chi connectivity index (χ0n) is 12.3. The molecule has 2 rings (SSSR count). The normalized spacial score (nSPS) is 10.5. The maximum atomic E-state index is 13.6. The molecule has 4 heteroatoms. The van der Waals surface area contributed by atoms with Crippen LogP contribution in [0, 0.1) is 26.6 Å². The molecule has 2 aromatic rings. The lowest BCUT2D eigenvalue weighted by Gasteiger charge is -2.11. The summed E-state index contributed by atoms with van der Waals surface area (Å²) in [6.07, 6.45) is 0. The van der Waals surface area contributed by atoms with Gasteiger partial charge in [-0.25, -0.2) is 4.39 Å². The van der Waals surface area contributed by atoms with Gasteiger partial charge in [0.15, 0.2) is 0 Å². The lowest BCUT2D eigenvalue weighted by atomic mass is 10.1. The van der Waals surface area contributed by atoms with Crippen molar-refractivity contribution in [1.29, 1.82) is 0 Å². The molecule has 110 valence electrons. The minimum absolute atomic E-state index is 0.0854. The number of halogens is 1. The summed E-state index contributed by atoms with van der Waals surface area (Å²) < 4.78 is 13.6. The molecule has 0 aliphatic rings. The Balaban J connectivity index is 2.30. The maximum absolute atomic E-state index is 13.6. The minimum Gasteiger partial charge on any atom is -0.392 e. The fourth-order valence-corrected chi connectivity index (χ4v) is 2.17. The summed E-state index contributed by atoms with van der Waals surface area (Å²) in [6, 6.07) is 8.43. The highest BCUT2D eigenvalue weighted by Crippen LogP contribution is 2.20. The molecular weight excluding hydrogens is 269 g/mol. The summed E-state index contributed by atoms with van der Waals surface area (Å²) in [5, 5.41) is 12.0. The monoisotopic (exact) mass is 287 g/mol. The molecule has 2 aromatic carbocycles. The summed E-state index contributed by atoms with van der Waals surface area (Å²) in [7, 11) is 0. The number of hydrogen-bond donors (Lipinski definition) is 2. The number of benzene rings is 2. The smallest absolute Gasteiger partial charge is 0.255 e. The van der Waals surface area contributed by atoms with Gasteiger partial charge in [-0.1, -0.05) is 12.1 Å². The molecule has 0 aliphatic heterocycles. The molecule has 0 saturated carbocycles. The third-order valence-electron chi connectivity index (χ3n) is 3.43. The van der Waals surface area contributed by atoms with Crippen molar-refractivity contribution in [3.63, 3.8) is 0 Å². The number of aliphatic hydroxyl groups excluding tert-OH is 1. The highest BCUT2D eigenvalue weighted by atomic mass is 19.1. The van der Waals surface area contributed by atoms with Gasteiger partial charge in [-0.2, -0.15) is 0 Å². The second-order valence-corrected chi connectivity index (χ2v) is 5.19. The molecule has 1 amide bonds. The van der Waals surface area contributed by atoms with Gasteiger partial charge in [-0.15, -0.1) is 0 Å². The number of anilines is 1. The molecule has 0 aromatic heterocycles. The largest absolute Gasteiger partial charge is 0.392 e. The van der Waals surface area contributed by atoms with Crippen molar-refractivity contribution in [2.24, 2.45) is 0 Å². The number of carbonyl (C=O) groups excluding carboxylic acids is 1. The molecule has 0 aliphatic carbocycles. The first-order valence-electron chi connectivity index (χ1n) is 6.71. The fraction of sp³-hybridized carbons (Fsp3) is 0.235. The summed E-state index contributed by atoms with van der Waals surface area (Å²) in [6.45, 7) is 5.06. The number of hydrogen-bond acceptors (Lipinski definition) is 2. The van der Waals surface area contributed by atoms with Crippen molar-refractivity contribution < 1.29 is 14.3 Å². The van der Waals surface area contributed by atoms with E-state index in [0.29, 0.717) is 22.4 Å². The van der Waals surface area contributed by atoms with Crippen LogP contribution in [0.5, 0.6) is 0 Å². The molecule has 0 atom stereocenters. The lowest BCUT2D eigenvalue weighted by Crippen LogP contribution is -2.14. The van der Waals surface area contributed by atoms with Gasteiger partial charge >= 0.3 is 0 Å². The van der Waals surface area contributed by atoms with Crippen molar-refractivity contribution in [1.82, 2.24) is 0 Å². The number of aryl methyl sites for hydroxylation is 3. The quantitative estimate of drug-likeness (QED) is 0.907. The first-order chi connectivity index (χ1) is 9.92. The van der Waals surface area contributed by atoms with Crippen molar-refractivity contribution >= 4 is 11.6 Å². The third-order valence-corrected chi connectivity index (χ3v) is 3.43. The zero-order valence-corrected chi connectivity index (χ0v) is 12.3. The number of aliphatic hydroxyl groups is 1. The Hall–Kier alpha value is -2.20. The van der Waals surface area contributed by atoms with Gasteiger partial charge < -0.3 is 10.4 Å². The van der Waals surface area contributed by atoms with E-state index in [1.54, 1.807) is 26.0 Å². The van der Waals surface area contributed by atoms with E-state index < -0.39 is 0 Å². The van der Waals surface area contributed by atoms with Crippen LogP contribution in [-0.4, -0.2) is 11.0 Å². The Kier molecular flexibility index (Phi) is 4.38. The van der Waals surface area contributed by atoms with Crippen LogP contribution >= 0.6 is 0 Å². The molecule has 0 saturated heterocycles. The van der Waals surface area contributed by atoms with E-state index in [2.05, 4.69) is 5.32 Å². The summed E-state index contributed by atoms with van der Waals surface area (Å²) in [5.74, 6) is -0.579. The first-order valence-corrected chi connectivity index (χ1v) is 6.71. The number of amides is 1. The summed E-state index contributed by atoms with van der Waals surface area (Å²) in [5.41, 5.74) is 3.58. The van der Waals surface area contributed by atoms with Crippen LogP contribution in [0.2, 0.25) is 0 Å². The van der Waals surface area contributed by atoms with E-state index in [1.807, 2.05) is 13.0 Å². The van der Waals surface area contributed by atoms with Crippen molar-refractivity contribution in [3.8, 4) is 0 Å². The van der Waals surface area contributed by atoms with Crippen molar-refractivity contribution in [2.75, 3.05) is 5.32 Å². The topological polar surface area (TPSA) is 49.3 Å². The molecular formula is C17H18FNO2. The molecule has 0 unspecified atom stereocenters. The van der Waals surface area contributed by atoms with E-state index in [9.17, 15) is 9.18 Å². The van der Waals surface area contributed by atoms with Crippen molar-refractivity contribution in [3.05, 3.63) is 64.0 Å². The average molecular weight is 287 g/mol. The molecule has 0 fully saturated rings. The van der Waals surface area contributed by atoms with Crippen LogP contribution in [0.25, 0.3) is 0 Å². The Morgan fingerprint density at radius 1 is 1.10 bits per heavy atom. The minimum atomic E-state index is -0.292. The van der Waals surface area contributed by atoms with Gasteiger partial charge in [-0.3, -0.25) is 4.79 Å². The SMILES string of the molecule is Cc1ccc(CO)cc1NC(=O)c1cc(C)c(F)c(C)c1. The second-order valence-electron chi connectivity index (χ2n) is 5.19. The molecule has 0 bridgehead atoms. The molecule has 0 radical (unpaired) electrons. The zero-order chi connectivity index (χ0) is 15.6. The molecule has 0 heterocycles. The highest BCUT2D eigenvalue weighted by Gasteiger charge is 2.12. The van der Waals surface area contributed by atoms with E-state index in [-0.39, 0.29) is 18.3 Å². The standard InChI is InChI=1S/C17H18FNO2/c1-10-4-5-13(9-20)8-15(10)19-17(21)14-6-11(2)16(18)12(3)7-14/h4-8,20H,9H2,1-3H3,(H,19,21). The van der Waals surface area contributed by atoms with Crippen LogP contribution in [0.1, 0.15) is 32.6 Å². The lowest BCUT2D eigenvalue weighted by molar-refractivity contribution is 0.102. The molecule has 21 heavy (non-hydrogen) atoms. The van der Waals surface area contributed by atoms with E-state index in [4.69, 9.17) is 5.11 Å². The van der Waals surface area contributed by atoms with Crippen molar-refractivity contribution in [2.45, 2.75) is 27.4 Å². The van der Waals surface area contributed by atoms with Crippen LogP contribution in [0.3, 0.4) is 0 Å². The highest BCUT2D eigenvalue weighted by molar-refractivity contribution is 6.04. The van der Waals surface area contributed by atoms with Gasteiger partial charge in [0.2, 0.25) is 0 Å². The third kappa shape index (κ3) is 3.28. The van der Waals surface area contributed by atoms with Crippen LogP contribution in [0.15, 0.2) is 30.3 Å². The maximum Gasteiger partial charge on any atom is 0.255 e. The number of nitrogens with one attached hydrogen (secondary N) is 1. The van der Waals surface area contributed by atoms with Gasteiger partial charge in [0, 0.05) is 11.3 Å². The van der Waals surface area contributed by atoms with Gasteiger partial charge in [0.05, 0.1) is 6.61 Å². The molecule has 2 N–H and O–H groups in total. The van der Waals surface area contributed by atoms with E-state index in [1.165, 1.54) is 12.1 Å². The van der Waals surface area contributed by atoms with E-state index >= 15 is 0 Å². The summed E-state index contributed by atoms with van der Waals surface area (Å²) in [4.78, 5) is 12.3. The van der Waals surface area contributed by atoms with Crippen LogP contribution in [-0.2, 0) is 6.61 Å². The molecule has 0 spiro atoms. The first kappa shape index (κ1) is 15.2. The Labute approximate surface area is 123 Å². The Bertz CT molecular complexity index is 672. The summed E-state index contributed by atoms with van der Waals surface area (Å²) >= 11 is 0. The van der Waals surface area contributed by atoms with Gasteiger partial charge in [0.25, 0.3) is 5.91 Å². The van der Waals surface area contributed by atoms with E-state index in [0.717, 1.165) is 11.1 Å². The fourth-order valence-electron chi connectivity index (χ4n) is 2.17. The predicted molar refractivity (Wildman–Crippen MR) is 80.9 cm³/mol. The average Bonchev–Trinajstić information content (AvgIpc) is 2.46. The van der Waals surface area contributed by atoms with Gasteiger partial charge in [0.1, 0.15) is 5.82 Å². The Morgan fingerprint density at radius 3 is 2.29 bits per heavy atom. The van der Waals surface area contributed by atoms with Crippen LogP contribution < -0.4 is 5.32 Å². The molecule has 3 nitrogen and oxygen atoms in total. The number of rotatable bonds is 3. The second kappa shape index (κ2) is 6.06. The number of carbonyl (C=O) groups is 1.